The molecule has 1 aromatic heterocycles. The van der Waals surface area contributed by atoms with Crippen molar-refractivity contribution in [3.63, 3.8) is 0 Å². The predicted octanol–water partition coefficient (Wildman–Crippen LogP) is 1.20. The topological polar surface area (TPSA) is 95.8 Å². The maximum Gasteiger partial charge on any atom is 0.280 e. The molecule has 0 unspecified atom stereocenters. The van der Waals surface area contributed by atoms with Crippen LogP contribution in [-0.4, -0.2) is 51.7 Å². The number of nitrogens with zero attached hydrogens (tertiary/aromatic N) is 2. The SMILES string of the molecule is O=C(CCc1cc(=O)[nH]o1)N1CC[C@@]23OC[C@@H](c4ccccc4)N2C(=O)C[C@@H]13. The highest BCUT2D eigenvalue weighted by Crippen LogP contribution is 2.51. The Morgan fingerprint density at radius 3 is 2.82 bits per heavy atom. The van der Waals surface area contributed by atoms with Gasteiger partial charge in [-0.25, -0.2) is 0 Å². The van der Waals surface area contributed by atoms with Crippen LogP contribution in [0.2, 0.25) is 0 Å². The van der Waals surface area contributed by atoms with Gasteiger partial charge < -0.3 is 19.1 Å². The van der Waals surface area contributed by atoms with E-state index in [0.717, 1.165) is 5.56 Å². The number of likely N-dealkylation sites (tertiary alicyclic amines) is 1. The Labute approximate surface area is 161 Å². The number of carbonyl (C=O) groups is 2. The summed E-state index contributed by atoms with van der Waals surface area (Å²) in [6.07, 6.45) is 1.48. The molecule has 1 N–H and O–H groups in total. The Morgan fingerprint density at radius 1 is 1.25 bits per heavy atom. The zero-order valence-corrected chi connectivity index (χ0v) is 15.3. The van der Waals surface area contributed by atoms with E-state index in [1.54, 1.807) is 4.90 Å². The second kappa shape index (κ2) is 6.34. The van der Waals surface area contributed by atoms with Crippen molar-refractivity contribution in [1.29, 1.82) is 0 Å². The summed E-state index contributed by atoms with van der Waals surface area (Å²) >= 11 is 0. The molecule has 2 aromatic rings. The fraction of sp³-hybridized carbons (Fsp3) is 0.450. The first-order chi connectivity index (χ1) is 13.6. The second-order valence-corrected chi connectivity index (χ2v) is 7.58. The quantitative estimate of drug-likeness (QED) is 0.856. The van der Waals surface area contributed by atoms with E-state index in [2.05, 4.69) is 5.16 Å². The fourth-order valence-electron chi connectivity index (χ4n) is 4.88. The van der Waals surface area contributed by atoms with Crippen LogP contribution < -0.4 is 5.56 Å². The zero-order valence-electron chi connectivity index (χ0n) is 15.3. The summed E-state index contributed by atoms with van der Waals surface area (Å²) < 4.78 is 11.2. The van der Waals surface area contributed by atoms with Gasteiger partial charge in [0.15, 0.2) is 5.72 Å². The van der Waals surface area contributed by atoms with Gasteiger partial charge in [0.1, 0.15) is 5.76 Å². The van der Waals surface area contributed by atoms with E-state index in [-0.39, 0.29) is 42.3 Å². The van der Waals surface area contributed by atoms with Crippen LogP contribution in [0.15, 0.2) is 45.7 Å². The fourth-order valence-corrected chi connectivity index (χ4v) is 4.88. The summed E-state index contributed by atoms with van der Waals surface area (Å²) in [6.45, 7) is 1.01. The van der Waals surface area contributed by atoms with Crippen molar-refractivity contribution >= 4 is 11.8 Å². The molecule has 0 saturated carbocycles. The number of H-pyrrole nitrogens is 1. The molecule has 3 fully saturated rings. The molecule has 8 heteroatoms. The van der Waals surface area contributed by atoms with Gasteiger partial charge in [-0.15, -0.1) is 0 Å². The van der Waals surface area contributed by atoms with Crippen molar-refractivity contribution in [1.82, 2.24) is 15.0 Å². The Morgan fingerprint density at radius 2 is 2.07 bits per heavy atom. The van der Waals surface area contributed by atoms with Crippen LogP contribution in [-0.2, 0) is 20.7 Å². The van der Waals surface area contributed by atoms with Gasteiger partial charge in [-0.05, 0) is 5.56 Å². The molecule has 0 bridgehead atoms. The van der Waals surface area contributed by atoms with Crippen LogP contribution >= 0.6 is 0 Å². The summed E-state index contributed by atoms with van der Waals surface area (Å²) in [4.78, 5) is 40.5. The Bertz CT molecular complexity index is 967. The number of amides is 2. The Kier molecular flexibility index (Phi) is 3.90. The lowest BCUT2D eigenvalue weighted by Crippen LogP contribution is -2.49. The summed E-state index contributed by atoms with van der Waals surface area (Å²) in [5, 5.41) is 2.23. The Balaban J connectivity index is 1.34. The van der Waals surface area contributed by atoms with E-state index >= 15 is 0 Å². The van der Waals surface area contributed by atoms with Crippen LogP contribution in [0, 0.1) is 0 Å². The lowest BCUT2D eigenvalue weighted by Gasteiger charge is -2.33. The van der Waals surface area contributed by atoms with Crippen molar-refractivity contribution in [3.05, 3.63) is 58.1 Å². The number of aromatic amines is 1. The second-order valence-electron chi connectivity index (χ2n) is 7.58. The molecule has 8 nitrogen and oxygen atoms in total. The number of hydrogen-bond acceptors (Lipinski definition) is 5. The lowest BCUT2D eigenvalue weighted by atomic mass is 10.0. The number of hydrogen-bond donors (Lipinski definition) is 1. The first-order valence-electron chi connectivity index (χ1n) is 9.56. The molecule has 0 radical (unpaired) electrons. The minimum atomic E-state index is -0.714. The molecule has 3 saturated heterocycles. The standard InChI is InChI=1S/C20H21N3O5/c24-17-10-14(28-21-17)6-7-18(25)22-9-8-20-16(22)11-19(26)23(20)15(12-27-20)13-4-2-1-3-5-13/h1-5,10,15-16H,6-9,11-12H2,(H,21,24)/t15-,16+,20-/m0/s1. The van der Waals surface area contributed by atoms with Crippen LogP contribution in [0.1, 0.15) is 36.6 Å². The van der Waals surface area contributed by atoms with Gasteiger partial charge in [0.2, 0.25) is 11.8 Å². The van der Waals surface area contributed by atoms with Crippen LogP contribution in [0.3, 0.4) is 0 Å². The zero-order chi connectivity index (χ0) is 19.3. The molecule has 28 heavy (non-hydrogen) atoms. The van der Waals surface area contributed by atoms with Gasteiger partial charge in [0.25, 0.3) is 5.56 Å². The third-order valence-electron chi connectivity index (χ3n) is 6.12. The normalized spacial score (nSPS) is 28.6. The molecule has 0 aliphatic carbocycles. The minimum Gasteiger partial charge on any atom is -0.384 e. The van der Waals surface area contributed by atoms with Gasteiger partial charge >= 0.3 is 0 Å². The lowest BCUT2D eigenvalue weighted by molar-refractivity contribution is -0.141. The number of nitrogens with one attached hydrogen (secondary N) is 1. The number of carbonyl (C=O) groups excluding carboxylic acids is 2. The van der Waals surface area contributed by atoms with E-state index in [4.69, 9.17) is 9.26 Å². The highest BCUT2D eigenvalue weighted by atomic mass is 16.5. The van der Waals surface area contributed by atoms with Gasteiger partial charge in [0.05, 0.1) is 25.1 Å². The maximum absolute atomic E-state index is 12.9. The molecule has 2 amide bonds. The summed E-state index contributed by atoms with van der Waals surface area (Å²) in [7, 11) is 0. The van der Waals surface area contributed by atoms with E-state index < -0.39 is 5.72 Å². The molecular weight excluding hydrogens is 362 g/mol. The van der Waals surface area contributed by atoms with E-state index in [1.807, 2.05) is 35.2 Å². The molecule has 5 rings (SSSR count). The van der Waals surface area contributed by atoms with Gasteiger partial charge in [0, 0.05) is 31.9 Å². The third kappa shape index (κ3) is 2.51. The minimum absolute atomic E-state index is 0.0329. The van der Waals surface area contributed by atoms with Crippen LogP contribution in [0.25, 0.3) is 0 Å². The van der Waals surface area contributed by atoms with Crippen molar-refractivity contribution < 1.29 is 18.8 Å². The number of rotatable bonds is 4. The van der Waals surface area contributed by atoms with Gasteiger partial charge in [-0.3, -0.25) is 14.4 Å². The van der Waals surface area contributed by atoms with Crippen molar-refractivity contribution in [2.75, 3.05) is 13.2 Å². The molecule has 3 aliphatic rings. The van der Waals surface area contributed by atoms with Crippen molar-refractivity contribution in [3.8, 4) is 0 Å². The first kappa shape index (κ1) is 17.2. The molecule has 1 aromatic carbocycles. The number of aromatic nitrogens is 1. The summed E-state index contributed by atoms with van der Waals surface area (Å²) in [5.74, 6) is 0.440. The van der Waals surface area contributed by atoms with Crippen molar-refractivity contribution in [2.45, 2.75) is 43.5 Å². The highest BCUT2D eigenvalue weighted by Gasteiger charge is 2.65. The first-order valence-corrected chi connectivity index (χ1v) is 9.56. The smallest absolute Gasteiger partial charge is 0.280 e. The van der Waals surface area contributed by atoms with Crippen LogP contribution in [0.4, 0.5) is 0 Å². The van der Waals surface area contributed by atoms with E-state index in [1.165, 1.54) is 6.07 Å². The van der Waals surface area contributed by atoms with Crippen LogP contribution in [0.5, 0.6) is 0 Å². The third-order valence-corrected chi connectivity index (χ3v) is 6.12. The summed E-state index contributed by atoms with van der Waals surface area (Å²) in [5.41, 5.74) is 0.0278. The Hall–Kier alpha value is -2.87. The predicted molar refractivity (Wildman–Crippen MR) is 97.1 cm³/mol. The number of ether oxygens (including phenoxy) is 1. The molecule has 1 spiro atoms. The van der Waals surface area contributed by atoms with Gasteiger partial charge in [-0.1, -0.05) is 30.3 Å². The molecule has 4 heterocycles. The molecule has 3 aliphatic heterocycles. The van der Waals surface area contributed by atoms with E-state index in [0.29, 0.717) is 31.8 Å². The monoisotopic (exact) mass is 383 g/mol. The molecular formula is C20H21N3O5. The molecule has 146 valence electrons. The average molecular weight is 383 g/mol. The maximum atomic E-state index is 12.9. The largest absolute Gasteiger partial charge is 0.384 e. The highest BCUT2D eigenvalue weighted by molar-refractivity contribution is 5.85. The average Bonchev–Trinajstić information content (AvgIpc) is 3.43. The van der Waals surface area contributed by atoms with E-state index in [9.17, 15) is 14.4 Å². The summed E-state index contributed by atoms with van der Waals surface area (Å²) in [6, 6.07) is 10.9. The van der Waals surface area contributed by atoms with Crippen molar-refractivity contribution in [2.24, 2.45) is 0 Å². The van der Waals surface area contributed by atoms with Gasteiger partial charge in [-0.2, -0.15) is 5.16 Å². The molecule has 3 atom stereocenters. The number of benzene rings is 1. The number of aryl methyl sites for hydroxylation is 1.